The van der Waals surface area contributed by atoms with Crippen molar-refractivity contribution in [2.45, 2.75) is 25.7 Å². The maximum absolute atomic E-state index is 11.5. The average Bonchev–Trinajstić information content (AvgIpc) is 2.52. The van der Waals surface area contributed by atoms with Crippen LogP contribution in [-0.4, -0.2) is 31.1 Å². The molecule has 1 heterocycles. The summed E-state index contributed by atoms with van der Waals surface area (Å²) in [5, 5.41) is 2.56. The number of hydrogen-bond donors (Lipinski definition) is 2. The molecule has 5 nitrogen and oxygen atoms in total. The first kappa shape index (κ1) is 14.8. The molecule has 1 aromatic heterocycles. The van der Waals surface area contributed by atoms with Crippen molar-refractivity contribution in [1.29, 1.82) is 0 Å². The highest BCUT2D eigenvalue weighted by molar-refractivity contribution is 5.92. The predicted molar refractivity (Wildman–Crippen MR) is 77.6 cm³/mol. The van der Waals surface area contributed by atoms with E-state index in [1.54, 1.807) is 25.4 Å². The molecule has 2 rings (SSSR count). The highest BCUT2D eigenvalue weighted by atomic mass is 16.5. The van der Waals surface area contributed by atoms with E-state index in [-0.39, 0.29) is 5.91 Å². The Hall–Kier alpha value is -1.62. The first-order valence-corrected chi connectivity index (χ1v) is 7.25. The Bertz CT molecular complexity index is 450. The van der Waals surface area contributed by atoms with E-state index >= 15 is 0 Å². The summed E-state index contributed by atoms with van der Waals surface area (Å²) in [5.74, 6) is 1.57. The van der Waals surface area contributed by atoms with Gasteiger partial charge in [0.05, 0.1) is 6.61 Å². The number of rotatable bonds is 5. The van der Waals surface area contributed by atoms with Crippen LogP contribution < -0.4 is 15.8 Å². The third-order valence-electron chi connectivity index (χ3n) is 4.02. The van der Waals surface area contributed by atoms with Gasteiger partial charge in [0.2, 0.25) is 0 Å². The largest absolute Gasteiger partial charge is 0.493 e. The summed E-state index contributed by atoms with van der Waals surface area (Å²) >= 11 is 0. The van der Waals surface area contributed by atoms with E-state index in [0.717, 1.165) is 6.54 Å². The first-order valence-electron chi connectivity index (χ1n) is 7.25. The van der Waals surface area contributed by atoms with E-state index < -0.39 is 0 Å². The second kappa shape index (κ2) is 7.24. The van der Waals surface area contributed by atoms with Gasteiger partial charge in [-0.25, -0.2) is 0 Å². The molecular formula is C15H23N3O2. The lowest BCUT2D eigenvalue weighted by molar-refractivity contribution is 0.0957. The Labute approximate surface area is 119 Å². The zero-order chi connectivity index (χ0) is 14.4. The molecule has 1 aromatic rings. The second-order valence-corrected chi connectivity index (χ2v) is 5.31. The summed E-state index contributed by atoms with van der Waals surface area (Å²) in [6, 6.07) is 3.46. The SMILES string of the molecule is CNC(=O)c1cc(OCC2CCCCC2CN)ccn1. The summed E-state index contributed by atoms with van der Waals surface area (Å²) in [6.07, 6.45) is 6.50. The van der Waals surface area contributed by atoms with E-state index in [9.17, 15) is 4.79 Å². The molecular weight excluding hydrogens is 254 g/mol. The van der Waals surface area contributed by atoms with Gasteiger partial charge in [-0.3, -0.25) is 9.78 Å². The molecule has 2 atom stereocenters. The van der Waals surface area contributed by atoms with Gasteiger partial charge in [-0.05, 0) is 37.3 Å². The van der Waals surface area contributed by atoms with Crippen LogP contribution in [0.5, 0.6) is 5.75 Å². The Kier molecular flexibility index (Phi) is 5.35. The van der Waals surface area contributed by atoms with Crippen molar-refractivity contribution in [2.75, 3.05) is 20.2 Å². The molecule has 0 bridgehead atoms. The molecule has 1 aliphatic carbocycles. The van der Waals surface area contributed by atoms with E-state index in [1.165, 1.54) is 25.7 Å². The third-order valence-corrected chi connectivity index (χ3v) is 4.02. The molecule has 0 spiro atoms. The van der Waals surface area contributed by atoms with E-state index in [4.69, 9.17) is 10.5 Å². The summed E-state index contributed by atoms with van der Waals surface area (Å²) in [5.41, 5.74) is 6.20. The topological polar surface area (TPSA) is 77.2 Å². The van der Waals surface area contributed by atoms with Crippen molar-refractivity contribution < 1.29 is 9.53 Å². The van der Waals surface area contributed by atoms with Crippen LogP contribution in [0.3, 0.4) is 0 Å². The van der Waals surface area contributed by atoms with Crippen molar-refractivity contribution in [3.05, 3.63) is 24.0 Å². The smallest absolute Gasteiger partial charge is 0.269 e. The van der Waals surface area contributed by atoms with Gasteiger partial charge in [0.15, 0.2) is 0 Å². The molecule has 0 saturated heterocycles. The van der Waals surface area contributed by atoms with Gasteiger partial charge in [0.1, 0.15) is 11.4 Å². The summed E-state index contributed by atoms with van der Waals surface area (Å²) in [4.78, 5) is 15.5. The molecule has 5 heteroatoms. The van der Waals surface area contributed by atoms with Gasteiger partial charge in [-0.2, -0.15) is 0 Å². The van der Waals surface area contributed by atoms with Gasteiger partial charge in [0, 0.05) is 19.3 Å². The van der Waals surface area contributed by atoms with Crippen LogP contribution in [0.2, 0.25) is 0 Å². The Morgan fingerprint density at radius 2 is 2.20 bits per heavy atom. The van der Waals surface area contributed by atoms with Crippen molar-refractivity contribution in [2.24, 2.45) is 17.6 Å². The fourth-order valence-electron chi connectivity index (χ4n) is 2.77. The predicted octanol–water partition coefficient (Wildman–Crippen LogP) is 1.59. The molecule has 0 radical (unpaired) electrons. The quantitative estimate of drug-likeness (QED) is 0.856. The molecule has 2 unspecified atom stereocenters. The summed E-state index contributed by atoms with van der Waals surface area (Å²) in [6.45, 7) is 1.40. The number of nitrogens with zero attached hydrogens (tertiary/aromatic N) is 1. The summed E-state index contributed by atoms with van der Waals surface area (Å²) < 4.78 is 5.84. The monoisotopic (exact) mass is 277 g/mol. The maximum atomic E-state index is 11.5. The zero-order valence-electron chi connectivity index (χ0n) is 12.0. The van der Waals surface area contributed by atoms with Crippen LogP contribution in [0.25, 0.3) is 0 Å². The second-order valence-electron chi connectivity index (χ2n) is 5.31. The van der Waals surface area contributed by atoms with Crippen molar-refractivity contribution >= 4 is 5.91 Å². The number of amides is 1. The minimum atomic E-state index is -0.201. The van der Waals surface area contributed by atoms with Crippen LogP contribution in [0.4, 0.5) is 0 Å². The minimum Gasteiger partial charge on any atom is -0.493 e. The van der Waals surface area contributed by atoms with Crippen LogP contribution in [0.15, 0.2) is 18.3 Å². The van der Waals surface area contributed by atoms with Crippen LogP contribution in [-0.2, 0) is 0 Å². The van der Waals surface area contributed by atoms with Crippen molar-refractivity contribution in [1.82, 2.24) is 10.3 Å². The van der Waals surface area contributed by atoms with Gasteiger partial charge in [-0.1, -0.05) is 12.8 Å². The van der Waals surface area contributed by atoms with Crippen molar-refractivity contribution in [3.8, 4) is 5.75 Å². The van der Waals surface area contributed by atoms with Crippen LogP contribution in [0.1, 0.15) is 36.2 Å². The molecule has 3 N–H and O–H groups in total. The normalized spacial score (nSPS) is 22.3. The third kappa shape index (κ3) is 3.70. The molecule has 1 aliphatic rings. The lowest BCUT2D eigenvalue weighted by Gasteiger charge is -2.30. The highest BCUT2D eigenvalue weighted by Crippen LogP contribution is 2.29. The molecule has 0 aliphatic heterocycles. The number of ether oxygens (including phenoxy) is 1. The van der Waals surface area contributed by atoms with Crippen LogP contribution in [0, 0.1) is 11.8 Å². The number of aromatic nitrogens is 1. The Morgan fingerprint density at radius 3 is 2.90 bits per heavy atom. The highest BCUT2D eigenvalue weighted by Gasteiger charge is 2.24. The fourth-order valence-corrected chi connectivity index (χ4v) is 2.77. The van der Waals surface area contributed by atoms with E-state index in [1.807, 2.05) is 0 Å². The molecule has 1 fully saturated rings. The zero-order valence-corrected chi connectivity index (χ0v) is 12.0. The number of nitrogens with one attached hydrogen (secondary N) is 1. The maximum Gasteiger partial charge on any atom is 0.269 e. The Balaban J connectivity index is 1.94. The molecule has 110 valence electrons. The standard InChI is InChI=1S/C15H23N3O2/c1-17-15(19)14-8-13(6-7-18-14)20-10-12-5-3-2-4-11(12)9-16/h6-8,11-12H,2-5,9-10,16H2,1H3,(H,17,19). The molecule has 0 aromatic carbocycles. The lowest BCUT2D eigenvalue weighted by Crippen LogP contribution is -2.30. The number of carbonyl (C=O) groups excluding carboxylic acids is 1. The fraction of sp³-hybridized carbons (Fsp3) is 0.600. The Morgan fingerprint density at radius 1 is 1.45 bits per heavy atom. The number of carbonyl (C=O) groups is 1. The van der Waals surface area contributed by atoms with Crippen molar-refractivity contribution in [3.63, 3.8) is 0 Å². The number of hydrogen-bond acceptors (Lipinski definition) is 4. The van der Waals surface area contributed by atoms with E-state index in [0.29, 0.717) is 29.9 Å². The molecule has 1 amide bonds. The molecule has 20 heavy (non-hydrogen) atoms. The average molecular weight is 277 g/mol. The van der Waals surface area contributed by atoms with Gasteiger partial charge >= 0.3 is 0 Å². The van der Waals surface area contributed by atoms with Gasteiger partial charge < -0.3 is 15.8 Å². The molecule has 1 saturated carbocycles. The van der Waals surface area contributed by atoms with Gasteiger partial charge in [0.25, 0.3) is 5.91 Å². The first-order chi connectivity index (χ1) is 9.74. The minimum absolute atomic E-state index is 0.201. The summed E-state index contributed by atoms with van der Waals surface area (Å²) in [7, 11) is 1.59. The number of nitrogens with two attached hydrogens (primary N) is 1. The van der Waals surface area contributed by atoms with Gasteiger partial charge in [-0.15, -0.1) is 0 Å². The van der Waals surface area contributed by atoms with E-state index in [2.05, 4.69) is 10.3 Å². The van der Waals surface area contributed by atoms with Crippen LogP contribution >= 0.6 is 0 Å². The number of pyridine rings is 1. The lowest BCUT2D eigenvalue weighted by atomic mass is 9.80.